The van der Waals surface area contributed by atoms with Gasteiger partial charge in [-0.05, 0) is 55.2 Å². The van der Waals surface area contributed by atoms with E-state index in [1.165, 1.54) is 17.7 Å². The zero-order valence-electron chi connectivity index (χ0n) is 18.6. The largest absolute Gasteiger partial charge is 0.497 e. The minimum absolute atomic E-state index is 0. The zero-order valence-corrected chi connectivity index (χ0v) is 20.9. The fraction of sp³-hybridized carbons (Fsp3) is 0.458. The molecule has 3 rings (SSSR count). The van der Waals surface area contributed by atoms with E-state index in [-0.39, 0.29) is 35.2 Å². The number of nitrogens with zero attached hydrogens (tertiary/aromatic N) is 2. The van der Waals surface area contributed by atoms with Crippen molar-refractivity contribution in [1.29, 1.82) is 0 Å². The number of hydrogen-bond donors (Lipinski definition) is 1. The van der Waals surface area contributed by atoms with E-state index in [0.29, 0.717) is 19.8 Å². The quantitative estimate of drug-likeness (QED) is 0.317. The van der Waals surface area contributed by atoms with Crippen molar-refractivity contribution in [2.75, 3.05) is 40.5 Å². The Morgan fingerprint density at radius 3 is 2.35 bits per heavy atom. The van der Waals surface area contributed by atoms with Crippen LogP contribution in [0.1, 0.15) is 30.9 Å². The predicted octanol–water partition coefficient (Wildman–Crippen LogP) is 4.60. The monoisotopic (exact) mass is 541 g/mol. The number of ether oxygens (including phenoxy) is 2. The van der Waals surface area contributed by atoms with Gasteiger partial charge >= 0.3 is 0 Å². The normalized spacial score (nSPS) is 15.7. The molecule has 1 heterocycles. The van der Waals surface area contributed by atoms with Crippen LogP contribution in [0, 0.1) is 5.82 Å². The minimum atomic E-state index is -0.211. The molecular weight excluding hydrogens is 508 g/mol. The Bertz CT molecular complexity index is 822. The highest BCUT2D eigenvalue weighted by Gasteiger charge is 2.34. The van der Waals surface area contributed by atoms with Gasteiger partial charge in [-0.1, -0.05) is 24.3 Å². The molecule has 0 bridgehead atoms. The molecule has 31 heavy (non-hydrogen) atoms. The van der Waals surface area contributed by atoms with Crippen LogP contribution in [-0.4, -0.2) is 51.3 Å². The van der Waals surface area contributed by atoms with Gasteiger partial charge in [-0.2, -0.15) is 0 Å². The molecule has 0 atom stereocenters. The van der Waals surface area contributed by atoms with E-state index >= 15 is 0 Å². The first-order valence-electron chi connectivity index (χ1n) is 10.5. The summed E-state index contributed by atoms with van der Waals surface area (Å²) < 4.78 is 24.3. The van der Waals surface area contributed by atoms with E-state index in [9.17, 15) is 4.39 Å². The van der Waals surface area contributed by atoms with Gasteiger partial charge in [0, 0.05) is 38.8 Å². The lowest BCUT2D eigenvalue weighted by Crippen LogP contribution is -2.41. The summed E-state index contributed by atoms with van der Waals surface area (Å²) in [5.41, 5.74) is 2.18. The van der Waals surface area contributed by atoms with Crippen LogP contribution in [0.4, 0.5) is 4.39 Å². The first-order valence-corrected chi connectivity index (χ1v) is 10.5. The molecule has 0 aromatic heterocycles. The maximum atomic E-state index is 13.5. The van der Waals surface area contributed by atoms with E-state index < -0.39 is 0 Å². The molecular formula is C24H33FIN3O2. The predicted molar refractivity (Wildman–Crippen MR) is 134 cm³/mol. The number of guanidine groups is 1. The van der Waals surface area contributed by atoms with Crippen molar-refractivity contribution in [3.05, 3.63) is 65.5 Å². The molecule has 1 fully saturated rings. The Labute approximate surface area is 202 Å². The molecule has 1 aliphatic heterocycles. The van der Waals surface area contributed by atoms with Gasteiger partial charge in [0.1, 0.15) is 11.6 Å². The maximum Gasteiger partial charge on any atom is 0.193 e. The maximum absolute atomic E-state index is 13.5. The van der Waals surface area contributed by atoms with Crippen LogP contribution in [-0.2, 0) is 16.7 Å². The lowest BCUT2D eigenvalue weighted by Gasteiger charge is -2.37. The highest BCUT2D eigenvalue weighted by molar-refractivity contribution is 14.0. The van der Waals surface area contributed by atoms with E-state index in [1.54, 1.807) is 7.11 Å². The highest BCUT2D eigenvalue weighted by Crippen LogP contribution is 2.35. The fourth-order valence-corrected chi connectivity index (χ4v) is 3.88. The molecule has 0 unspecified atom stereocenters. The topological polar surface area (TPSA) is 46.1 Å². The first-order chi connectivity index (χ1) is 14.6. The van der Waals surface area contributed by atoms with Crippen molar-refractivity contribution in [3.8, 4) is 5.75 Å². The molecule has 2 aromatic carbocycles. The molecule has 1 aliphatic rings. The number of hydrogen-bond acceptors (Lipinski definition) is 3. The Morgan fingerprint density at radius 2 is 1.77 bits per heavy atom. The SMILES string of the molecule is CCNC(=NCC1(c2ccc(F)cc2)CCOCC1)N(C)Cc1ccc(OC)cc1.I. The Hall–Kier alpha value is -1.87. The van der Waals surface area contributed by atoms with Crippen LogP contribution in [0.15, 0.2) is 53.5 Å². The van der Waals surface area contributed by atoms with Gasteiger partial charge in [0.05, 0.1) is 13.7 Å². The molecule has 0 saturated carbocycles. The van der Waals surface area contributed by atoms with Crippen molar-refractivity contribution in [1.82, 2.24) is 10.2 Å². The number of methoxy groups -OCH3 is 1. The molecule has 5 nitrogen and oxygen atoms in total. The van der Waals surface area contributed by atoms with Gasteiger partial charge < -0.3 is 19.7 Å². The molecule has 1 saturated heterocycles. The Morgan fingerprint density at radius 1 is 1.13 bits per heavy atom. The molecule has 0 aliphatic carbocycles. The highest BCUT2D eigenvalue weighted by atomic mass is 127. The summed E-state index contributed by atoms with van der Waals surface area (Å²) in [5.74, 6) is 1.50. The van der Waals surface area contributed by atoms with Gasteiger partial charge in [-0.25, -0.2) is 4.39 Å². The summed E-state index contributed by atoms with van der Waals surface area (Å²) >= 11 is 0. The second-order valence-corrected chi connectivity index (χ2v) is 7.77. The molecule has 0 spiro atoms. The number of halogens is 2. The van der Waals surface area contributed by atoms with Crippen LogP contribution in [0.5, 0.6) is 5.75 Å². The van der Waals surface area contributed by atoms with Gasteiger partial charge in [-0.15, -0.1) is 24.0 Å². The van der Waals surface area contributed by atoms with Crippen LogP contribution >= 0.6 is 24.0 Å². The molecule has 1 N–H and O–H groups in total. The lowest BCUT2D eigenvalue weighted by atomic mass is 9.74. The van der Waals surface area contributed by atoms with Gasteiger partial charge in [0.25, 0.3) is 0 Å². The molecule has 0 radical (unpaired) electrons. The average Bonchev–Trinajstić information content (AvgIpc) is 2.78. The van der Waals surface area contributed by atoms with E-state index in [1.807, 2.05) is 31.3 Å². The average molecular weight is 541 g/mol. The van der Waals surface area contributed by atoms with Gasteiger partial charge in [0.15, 0.2) is 5.96 Å². The number of nitrogens with one attached hydrogen (secondary N) is 1. The Balaban J connectivity index is 0.00000341. The summed E-state index contributed by atoms with van der Waals surface area (Å²) in [7, 11) is 3.71. The van der Waals surface area contributed by atoms with Gasteiger partial charge in [-0.3, -0.25) is 4.99 Å². The summed E-state index contributed by atoms with van der Waals surface area (Å²) in [5, 5.41) is 3.40. The van der Waals surface area contributed by atoms with E-state index in [4.69, 9.17) is 14.5 Å². The van der Waals surface area contributed by atoms with Crippen LogP contribution < -0.4 is 10.1 Å². The van der Waals surface area contributed by atoms with Crippen LogP contribution in [0.25, 0.3) is 0 Å². The first kappa shape index (κ1) is 25.4. The molecule has 7 heteroatoms. The number of rotatable bonds is 7. The second kappa shape index (κ2) is 12.2. The summed E-state index contributed by atoms with van der Waals surface area (Å²) in [4.78, 5) is 7.12. The third kappa shape index (κ3) is 6.80. The minimum Gasteiger partial charge on any atom is -0.497 e. The number of benzene rings is 2. The number of aliphatic imine (C=N–C) groups is 1. The smallest absolute Gasteiger partial charge is 0.193 e. The van der Waals surface area contributed by atoms with E-state index in [0.717, 1.165) is 43.2 Å². The lowest BCUT2D eigenvalue weighted by molar-refractivity contribution is 0.0530. The summed E-state index contributed by atoms with van der Waals surface area (Å²) in [6.07, 6.45) is 1.76. The molecule has 2 aromatic rings. The van der Waals surface area contributed by atoms with Crippen molar-refractivity contribution in [2.24, 2.45) is 4.99 Å². The van der Waals surface area contributed by atoms with Crippen molar-refractivity contribution in [2.45, 2.75) is 31.7 Å². The van der Waals surface area contributed by atoms with Gasteiger partial charge in [0.2, 0.25) is 0 Å². The Kier molecular flexibility index (Phi) is 10.0. The van der Waals surface area contributed by atoms with Crippen molar-refractivity contribution < 1.29 is 13.9 Å². The summed E-state index contributed by atoms with van der Waals surface area (Å²) in [6.45, 7) is 5.63. The summed E-state index contributed by atoms with van der Waals surface area (Å²) in [6, 6.07) is 14.9. The van der Waals surface area contributed by atoms with Crippen molar-refractivity contribution >= 4 is 29.9 Å². The van der Waals surface area contributed by atoms with Crippen LogP contribution in [0.2, 0.25) is 0 Å². The van der Waals surface area contributed by atoms with E-state index in [2.05, 4.69) is 29.3 Å². The molecule has 170 valence electrons. The van der Waals surface area contributed by atoms with Crippen molar-refractivity contribution in [3.63, 3.8) is 0 Å². The molecule has 0 amide bonds. The fourth-order valence-electron chi connectivity index (χ4n) is 3.88. The third-order valence-electron chi connectivity index (χ3n) is 5.71. The standard InChI is InChI=1S/C24H32FN3O2.HI/c1-4-26-23(28(2)17-19-5-11-22(29-3)12-6-19)27-18-24(13-15-30-16-14-24)20-7-9-21(25)10-8-20;/h5-12H,4,13-18H2,1-3H3,(H,26,27);1H. The third-order valence-corrected chi connectivity index (χ3v) is 5.71. The van der Waals surface area contributed by atoms with Crippen LogP contribution in [0.3, 0.4) is 0 Å². The second-order valence-electron chi connectivity index (χ2n) is 7.77. The zero-order chi connectivity index (χ0) is 21.4.